The molecule has 7 heteroatoms. The van der Waals surface area contributed by atoms with E-state index in [0.717, 1.165) is 10.5 Å². The fourth-order valence-electron chi connectivity index (χ4n) is 3.33. The number of carbonyl (C=O) groups excluding carboxylic acids is 2. The molecule has 1 heterocycles. The van der Waals surface area contributed by atoms with Crippen LogP contribution in [0.4, 0.5) is 15.8 Å². The number of hydrogen-bond donors (Lipinski definition) is 1. The molecule has 1 aliphatic rings. The Morgan fingerprint density at radius 3 is 2.39 bits per heavy atom. The van der Waals surface area contributed by atoms with Crippen LogP contribution >= 0.6 is 11.6 Å². The lowest BCUT2D eigenvalue weighted by Gasteiger charge is -2.16. The Labute approximate surface area is 183 Å². The van der Waals surface area contributed by atoms with Gasteiger partial charge in [-0.3, -0.25) is 9.59 Å². The number of halogens is 2. The number of aryl methyl sites for hydroxylation is 1. The topological polar surface area (TPSA) is 58.6 Å². The number of benzene rings is 3. The quantitative estimate of drug-likeness (QED) is 0.559. The molecule has 1 aliphatic heterocycles. The van der Waals surface area contributed by atoms with Crippen LogP contribution in [0, 0.1) is 12.7 Å². The van der Waals surface area contributed by atoms with Crippen LogP contribution in [0.25, 0.3) is 5.57 Å². The molecule has 156 valence electrons. The molecule has 0 saturated carbocycles. The molecule has 0 spiro atoms. The van der Waals surface area contributed by atoms with Crippen molar-refractivity contribution in [1.29, 1.82) is 0 Å². The van der Waals surface area contributed by atoms with Gasteiger partial charge in [-0.05, 0) is 54.4 Å². The summed E-state index contributed by atoms with van der Waals surface area (Å²) in [4.78, 5) is 27.8. The first-order chi connectivity index (χ1) is 14.9. The average molecular weight is 437 g/mol. The summed E-state index contributed by atoms with van der Waals surface area (Å²) < 4.78 is 18.7. The maximum atomic E-state index is 13.5. The van der Waals surface area contributed by atoms with Gasteiger partial charge in [0, 0.05) is 16.8 Å². The van der Waals surface area contributed by atoms with E-state index >= 15 is 0 Å². The van der Waals surface area contributed by atoms with Crippen LogP contribution in [0.1, 0.15) is 11.1 Å². The summed E-state index contributed by atoms with van der Waals surface area (Å²) in [6, 6.07) is 17.3. The number of carbonyl (C=O) groups is 2. The van der Waals surface area contributed by atoms with Gasteiger partial charge in [0.15, 0.2) is 0 Å². The van der Waals surface area contributed by atoms with Gasteiger partial charge in [0.05, 0.1) is 18.4 Å². The first-order valence-corrected chi connectivity index (χ1v) is 9.83. The maximum absolute atomic E-state index is 13.5. The summed E-state index contributed by atoms with van der Waals surface area (Å²) in [7, 11) is 1.50. The smallest absolute Gasteiger partial charge is 0.282 e. The summed E-state index contributed by atoms with van der Waals surface area (Å²) >= 11 is 6.22. The lowest BCUT2D eigenvalue weighted by atomic mass is 10.0. The lowest BCUT2D eigenvalue weighted by Crippen LogP contribution is -2.32. The molecule has 1 N–H and O–H groups in total. The fourth-order valence-corrected chi connectivity index (χ4v) is 3.51. The monoisotopic (exact) mass is 436 g/mol. The SMILES string of the molecule is COc1cccc(N2C(=O)C(Nc3ccc(C)c(Cl)c3)=C(c3ccc(F)cc3)C2=O)c1. The van der Waals surface area contributed by atoms with Crippen molar-refractivity contribution >= 4 is 40.4 Å². The molecule has 0 aromatic heterocycles. The Kier molecular flexibility index (Phi) is 5.48. The van der Waals surface area contributed by atoms with Crippen molar-refractivity contribution in [1.82, 2.24) is 0 Å². The zero-order valence-electron chi connectivity index (χ0n) is 16.8. The van der Waals surface area contributed by atoms with E-state index in [-0.39, 0.29) is 11.3 Å². The van der Waals surface area contributed by atoms with Gasteiger partial charge in [0.1, 0.15) is 17.3 Å². The minimum Gasteiger partial charge on any atom is -0.497 e. The average Bonchev–Trinajstić information content (AvgIpc) is 3.01. The van der Waals surface area contributed by atoms with E-state index in [0.29, 0.717) is 27.7 Å². The molecule has 0 aliphatic carbocycles. The van der Waals surface area contributed by atoms with Gasteiger partial charge in [-0.1, -0.05) is 35.9 Å². The minimum atomic E-state index is -0.533. The zero-order valence-corrected chi connectivity index (χ0v) is 17.5. The number of ether oxygens (including phenoxy) is 1. The molecular weight excluding hydrogens is 419 g/mol. The van der Waals surface area contributed by atoms with Crippen LogP contribution in [0.5, 0.6) is 5.75 Å². The van der Waals surface area contributed by atoms with Crippen molar-refractivity contribution in [3.8, 4) is 5.75 Å². The van der Waals surface area contributed by atoms with Gasteiger partial charge < -0.3 is 10.1 Å². The van der Waals surface area contributed by atoms with E-state index in [2.05, 4.69) is 5.32 Å². The Bertz CT molecular complexity index is 1220. The van der Waals surface area contributed by atoms with Crippen LogP contribution in [-0.2, 0) is 9.59 Å². The summed E-state index contributed by atoms with van der Waals surface area (Å²) in [6.07, 6.45) is 0. The highest BCUT2D eigenvalue weighted by Gasteiger charge is 2.40. The predicted octanol–water partition coefficient (Wildman–Crippen LogP) is 5.19. The number of amides is 2. The molecule has 3 aromatic rings. The Balaban J connectivity index is 1.82. The van der Waals surface area contributed by atoms with Gasteiger partial charge in [-0.15, -0.1) is 0 Å². The molecule has 5 nitrogen and oxygen atoms in total. The molecule has 0 bridgehead atoms. The van der Waals surface area contributed by atoms with Crippen LogP contribution in [0.2, 0.25) is 5.02 Å². The van der Waals surface area contributed by atoms with Gasteiger partial charge in [0.2, 0.25) is 0 Å². The van der Waals surface area contributed by atoms with Crippen molar-refractivity contribution < 1.29 is 18.7 Å². The van der Waals surface area contributed by atoms with Gasteiger partial charge >= 0.3 is 0 Å². The van der Waals surface area contributed by atoms with E-state index < -0.39 is 17.6 Å². The van der Waals surface area contributed by atoms with Crippen molar-refractivity contribution in [3.05, 3.63) is 94.4 Å². The predicted molar refractivity (Wildman–Crippen MR) is 119 cm³/mol. The Hall–Kier alpha value is -3.64. The number of hydrogen-bond acceptors (Lipinski definition) is 4. The molecular formula is C24H18ClFN2O3. The first-order valence-electron chi connectivity index (χ1n) is 9.45. The van der Waals surface area contributed by atoms with Crippen molar-refractivity contribution in [2.45, 2.75) is 6.92 Å². The van der Waals surface area contributed by atoms with Crippen molar-refractivity contribution in [3.63, 3.8) is 0 Å². The molecule has 0 saturated heterocycles. The minimum absolute atomic E-state index is 0.0827. The summed E-state index contributed by atoms with van der Waals surface area (Å²) in [5.74, 6) is -0.987. The highest BCUT2D eigenvalue weighted by molar-refractivity contribution is 6.46. The lowest BCUT2D eigenvalue weighted by molar-refractivity contribution is -0.120. The number of anilines is 2. The van der Waals surface area contributed by atoms with E-state index in [1.54, 1.807) is 36.4 Å². The number of nitrogens with zero attached hydrogens (tertiary/aromatic N) is 1. The van der Waals surface area contributed by atoms with Crippen LogP contribution < -0.4 is 15.0 Å². The number of methoxy groups -OCH3 is 1. The summed E-state index contributed by atoms with van der Waals surface area (Å²) in [5, 5.41) is 3.56. The van der Waals surface area contributed by atoms with Crippen LogP contribution in [0.15, 0.2) is 72.4 Å². The van der Waals surface area contributed by atoms with Crippen LogP contribution in [0.3, 0.4) is 0 Å². The van der Waals surface area contributed by atoms with E-state index in [1.807, 2.05) is 13.0 Å². The van der Waals surface area contributed by atoms with E-state index in [1.165, 1.54) is 31.4 Å². The van der Waals surface area contributed by atoms with Gasteiger partial charge in [-0.2, -0.15) is 0 Å². The zero-order chi connectivity index (χ0) is 22.1. The summed E-state index contributed by atoms with van der Waals surface area (Å²) in [6.45, 7) is 1.87. The Morgan fingerprint density at radius 2 is 1.71 bits per heavy atom. The standard InChI is InChI=1S/C24H18ClFN2O3/c1-14-6-11-17(12-20(14)25)27-22-21(15-7-9-16(26)10-8-15)23(29)28(24(22)30)18-4-3-5-19(13-18)31-2/h3-13,27H,1-2H3. The third kappa shape index (κ3) is 3.90. The molecule has 4 rings (SSSR count). The van der Waals surface area contributed by atoms with Gasteiger partial charge in [0.25, 0.3) is 11.8 Å². The highest BCUT2D eigenvalue weighted by atomic mass is 35.5. The highest BCUT2D eigenvalue weighted by Crippen LogP contribution is 2.35. The number of nitrogens with one attached hydrogen (secondary N) is 1. The second-order valence-corrected chi connectivity index (χ2v) is 7.40. The third-order valence-corrected chi connectivity index (χ3v) is 5.38. The first kappa shape index (κ1) is 20.6. The maximum Gasteiger partial charge on any atom is 0.282 e. The molecule has 31 heavy (non-hydrogen) atoms. The third-order valence-electron chi connectivity index (χ3n) is 4.97. The van der Waals surface area contributed by atoms with Gasteiger partial charge in [-0.25, -0.2) is 9.29 Å². The van der Waals surface area contributed by atoms with Crippen molar-refractivity contribution in [2.24, 2.45) is 0 Å². The fraction of sp³-hybridized carbons (Fsp3) is 0.0833. The molecule has 2 amide bonds. The number of imide groups is 1. The Morgan fingerprint density at radius 1 is 0.968 bits per heavy atom. The second kappa shape index (κ2) is 8.24. The molecule has 0 unspecified atom stereocenters. The number of rotatable bonds is 5. The van der Waals surface area contributed by atoms with Crippen LogP contribution in [-0.4, -0.2) is 18.9 Å². The normalized spacial score (nSPS) is 13.7. The molecule has 0 fully saturated rings. The molecule has 0 atom stereocenters. The summed E-state index contributed by atoms with van der Waals surface area (Å²) in [5.41, 5.74) is 2.45. The van der Waals surface area contributed by atoms with E-state index in [4.69, 9.17) is 16.3 Å². The molecule has 0 radical (unpaired) electrons. The largest absolute Gasteiger partial charge is 0.497 e. The molecule has 3 aromatic carbocycles. The van der Waals surface area contributed by atoms with Crippen molar-refractivity contribution in [2.75, 3.05) is 17.3 Å². The van der Waals surface area contributed by atoms with E-state index in [9.17, 15) is 14.0 Å². The second-order valence-electron chi connectivity index (χ2n) is 6.99.